The van der Waals surface area contributed by atoms with Gasteiger partial charge in [-0.2, -0.15) is 0 Å². The molecule has 0 spiro atoms. The average Bonchev–Trinajstić information content (AvgIpc) is 4.29. The van der Waals surface area contributed by atoms with Gasteiger partial charge in [-0.25, -0.2) is 24.4 Å². The molecular formula is C59H75N9O10. The van der Waals surface area contributed by atoms with Crippen molar-refractivity contribution in [1.82, 2.24) is 45.3 Å². The SMILES string of the molecule is CC(C)(C)OC(=O)N[C@H](C(=O)N1CCC[C@H]1c1ncc(-c2ccc(-c3ccc(-c4cnc([C@@H]5C[C@@H](OC(=O)N6Cc7cc8c(cc7C6)OCCO8)CN5C(=O)[C@@H](NC(=O)OC(C)(C)C)C(C)(C)C)[nH]4)cc3)cc2)[nH]1)C(C)(C)C. The molecule has 4 aliphatic rings. The Morgan fingerprint density at radius 3 is 1.50 bits per heavy atom. The molecule has 2 fully saturated rings. The Bertz CT molecular complexity index is 3000. The molecule has 19 nitrogen and oxygen atoms in total. The van der Waals surface area contributed by atoms with Gasteiger partial charge in [-0.1, -0.05) is 90.1 Å². The molecule has 0 unspecified atom stereocenters. The minimum atomic E-state index is -0.981. The summed E-state index contributed by atoms with van der Waals surface area (Å²) >= 11 is 0. The first-order valence-electron chi connectivity index (χ1n) is 27.0. The number of hydrogen-bond acceptors (Lipinski definition) is 12. The van der Waals surface area contributed by atoms with Crippen molar-refractivity contribution in [2.45, 2.75) is 157 Å². The number of H-pyrrole nitrogens is 2. The van der Waals surface area contributed by atoms with E-state index in [9.17, 15) is 24.0 Å². The number of imidazole rings is 2. The number of hydrogen-bond donors (Lipinski definition) is 4. The normalized spacial score (nSPS) is 19.2. The largest absolute Gasteiger partial charge is 0.486 e. The van der Waals surface area contributed by atoms with Gasteiger partial charge in [0.2, 0.25) is 11.8 Å². The van der Waals surface area contributed by atoms with E-state index in [1.54, 1.807) is 63.7 Å². The Hall–Kier alpha value is -7.57. The third-order valence-corrected chi connectivity index (χ3v) is 14.3. The molecule has 19 heteroatoms. The van der Waals surface area contributed by atoms with Gasteiger partial charge < -0.3 is 54.1 Å². The number of rotatable bonds is 10. The van der Waals surface area contributed by atoms with Gasteiger partial charge in [-0.3, -0.25) is 14.5 Å². The van der Waals surface area contributed by atoms with Gasteiger partial charge in [0.05, 0.1) is 42.4 Å². The lowest BCUT2D eigenvalue weighted by atomic mass is 9.85. The van der Waals surface area contributed by atoms with Crippen molar-refractivity contribution in [2.24, 2.45) is 10.8 Å². The van der Waals surface area contributed by atoms with Crippen LogP contribution in [0.5, 0.6) is 11.5 Å². The summed E-state index contributed by atoms with van der Waals surface area (Å²) in [4.78, 5) is 90.4. The minimum absolute atomic E-state index is 0.0778. The minimum Gasteiger partial charge on any atom is -0.486 e. The van der Waals surface area contributed by atoms with Crippen molar-refractivity contribution in [2.75, 3.05) is 26.3 Å². The Balaban J connectivity index is 0.883. The molecule has 2 aromatic heterocycles. The van der Waals surface area contributed by atoms with Crippen LogP contribution < -0.4 is 20.1 Å². The number of carbonyl (C=O) groups excluding carboxylic acids is 5. The zero-order valence-corrected chi connectivity index (χ0v) is 47.0. The smallest absolute Gasteiger partial charge is 0.410 e. The van der Waals surface area contributed by atoms with E-state index in [0.717, 1.165) is 57.6 Å². The monoisotopic (exact) mass is 1070 g/mol. The fraction of sp³-hybridized carbons (Fsp3) is 0.508. The summed E-state index contributed by atoms with van der Waals surface area (Å²) in [5.41, 5.74) is 4.51. The predicted molar refractivity (Wildman–Crippen MR) is 292 cm³/mol. The van der Waals surface area contributed by atoms with Crippen molar-refractivity contribution in [3.05, 3.63) is 95.8 Å². The van der Waals surface area contributed by atoms with Gasteiger partial charge in [0.1, 0.15) is 54.3 Å². The lowest BCUT2D eigenvalue weighted by Gasteiger charge is -2.35. The van der Waals surface area contributed by atoms with Gasteiger partial charge >= 0.3 is 18.3 Å². The van der Waals surface area contributed by atoms with Crippen molar-refractivity contribution < 1.29 is 47.7 Å². The fourth-order valence-corrected chi connectivity index (χ4v) is 10.5. The van der Waals surface area contributed by atoms with E-state index < -0.39 is 64.5 Å². The Morgan fingerprint density at radius 1 is 0.615 bits per heavy atom. The standard InChI is InChI=1S/C59H75N9O10/c1-56(2,3)47(64-53(71)77-58(7,8)9)51(69)67-23-13-14-43(67)49-60-29-41(62-49)36-19-15-34(16-20-36)35-17-21-37(22-18-35)42-30-61-50(63-42)44-28-40(33-68(44)52(70)48(57(4,5)6)65-54(72)78-59(10,11)12)76-55(73)66-31-38-26-45-46(27-39(38)32-66)75-25-24-74-45/h15-22,26-27,29-30,40,43-44,47-48H,13-14,23-25,28,31-33H2,1-12H3,(H,60,62)(H,61,63)(H,64,71)(H,65,72)/t40-,43+,44+,47-,48-/m1/s1. The van der Waals surface area contributed by atoms with Crippen LogP contribution in [0.2, 0.25) is 0 Å². The molecule has 2 saturated heterocycles. The average molecular weight is 1070 g/mol. The molecule has 5 aromatic rings. The first-order chi connectivity index (χ1) is 36.7. The van der Waals surface area contributed by atoms with Gasteiger partial charge in [-0.15, -0.1) is 0 Å². The van der Waals surface area contributed by atoms with E-state index in [2.05, 4.69) is 32.7 Å². The summed E-state index contributed by atoms with van der Waals surface area (Å²) in [6.07, 6.45) is 2.83. The van der Waals surface area contributed by atoms with Crippen LogP contribution in [0.25, 0.3) is 33.6 Å². The molecule has 78 heavy (non-hydrogen) atoms. The lowest BCUT2D eigenvalue weighted by Crippen LogP contribution is -2.55. The molecule has 0 aliphatic carbocycles. The summed E-state index contributed by atoms with van der Waals surface area (Å²) in [5.74, 6) is 1.99. The summed E-state index contributed by atoms with van der Waals surface area (Å²) in [5, 5.41) is 5.68. The molecular weight excluding hydrogens is 995 g/mol. The van der Waals surface area contributed by atoms with E-state index in [-0.39, 0.29) is 30.8 Å². The zero-order chi connectivity index (χ0) is 56.1. The Morgan fingerprint density at radius 2 is 1.05 bits per heavy atom. The molecule has 5 amide bonds. The number of alkyl carbamates (subject to hydrolysis) is 2. The predicted octanol–water partition coefficient (Wildman–Crippen LogP) is 10.2. The van der Waals surface area contributed by atoms with E-state index in [1.807, 2.05) is 95.0 Å². The molecule has 4 aliphatic heterocycles. The van der Waals surface area contributed by atoms with Crippen molar-refractivity contribution in [3.8, 4) is 45.1 Å². The molecule has 416 valence electrons. The number of ether oxygens (including phenoxy) is 5. The van der Waals surface area contributed by atoms with E-state index in [1.165, 1.54) is 0 Å². The van der Waals surface area contributed by atoms with Crippen LogP contribution in [0.3, 0.4) is 0 Å². The van der Waals surface area contributed by atoms with Crippen LogP contribution in [0.1, 0.15) is 137 Å². The maximum absolute atomic E-state index is 14.8. The van der Waals surface area contributed by atoms with Gasteiger partial charge in [0.15, 0.2) is 11.5 Å². The topological polar surface area (TPSA) is 223 Å². The second-order valence-corrected chi connectivity index (χ2v) is 25.0. The van der Waals surface area contributed by atoms with Crippen LogP contribution in [-0.2, 0) is 36.9 Å². The first kappa shape index (κ1) is 55.2. The number of nitrogens with zero attached hydrogens (tertiary/aromatic N) is 5. The number of nitrogens with one attached hydrogen (secondary N) is 4. The molecule has 0 radical (unpaired) electrons. The maximum atomic E-state index is 14.8. The number of carbonyl (C=O) groups is 5. The lowest BCUT2D eigenvalue weighted by molar-refractivity contribution is -0.138. The maximum Gasteiger partial charge on any atom is 0.410 e. The van der Waals surface area contributed by atoms with Gasteiger partial charge in [-0.05, 0) is 111 Å². The summed E-state index contributed by atoms with van der Waals surface area (Å²) < 4.78 is 28.9. The Labute approximate surface area is 456 Å². The molecule has 5 atom stereocenters. The molecule has 3 aromatic carbocycles. The first-order valence-corrected chi connectivity index (χ1v) is 27.0. The molecule has 4 N–H and O–H groups in total. The summed E-state index contributed by atoms with van der Waals surface area (Å²) in [6, 6.07) is 17.4. The van der Waals surface area contributed by atoms with Crippen LogP contribution in [0.4, 0.5) is 14.4 Å². The van der Waals surface area contributed by atoms with Crippen LogP contribution >= 0.6 is 0 Å². The number of aromatic nitrogens is 4. The summed E-state index contributed by atoms with van der Waals surface area (Å²) in [6.45, 7) is 24.3. The Kier molecular flexibility index (Phi) is 15.1. The molecule has 0 saturated carbocycles. The van der Waals surface area contributed by atoms with E-state index in [4.69, 9.17) is 33.7 Å². The van der Waals surface area contributed by atoms with E-state index in [0.29, 0.717) is 56.0 Å². The van der Waals surface area contributed by atoms with Crippen LogP contribution in [-0.4, -0.2) is 120 Å². The van der Waals surface area contributed by atoms with E-state index >= 15 is 0 Å². The van der Waals surface area contributed by atoms with Crippen LogP contribution in [0.15, 0.2) is 73.1 Å². The van der Waals surface area contributed by atoms with Crippen molar-refractivity contribution in [3.63, 3.8) is 0 Å². The van der Waals surface area contributed by atoms with Crippen molar-refractivity contribution in [1.29, 1.82) is 0 Å². The van der Waals surface area contributed by atoms with Crippen LogP contribution in [0, 0.1) is 10.8 Å². The highest BCUT2D eigenvalue weighted by molar-refractivity contribution is 5.88. The number of likely N-dealkylation sites (tertiary alicyclic amines) is 2. The molecule has 9 rings (SSSR count). The highest BCUT2D eigenvalue weighted by Gasteiger charge is 2.47. The highest BCUT2D eigenvalue weighted by Crippen LogP contribution is 2.40. The summed E-state index contributed by atoms with van der Waals surface area (Å²) in [7, 11) is 0. The quantitative estimate of drug-likeness (QED) is 0.0960. The number of fused-ring (bicyclic) bond motifs is 2. The number of benzene rings is 3. The highest BCUT2D eigenvalue weighted by atomic mass is 16.6. The van der Waals surface area contributed by atoms with Gasteiger partial charge in [0, 0.05) is 26.1 Å². The third-order valence-electron chi connectivity index (χ3n) is 14.3. The number of amides is 5. The van der Waals surface area contributed by atoms with Gasteiger partial charge in [0.25, 0.3) is 0 Å². The second-order valence-electron chi connectivity index (χ2n) is 25.0. The second kappa shape index (κ2) is 21.3. The van der Waals surface area contributed by atoms with Crippen molar-refractivity contribution >= 4 is 30.1 Å². The molecule has 0 bridgehead atoms. The fourth-order valence-electron chi connectivity index (χ4n) is 10.5. The molecule has 6 heterocycles. The number of aromatic amines is 2. The zero-order valence-electron chi connectivity index (χ0n) is 47.0. The third kappa shape index (κ3) is 12.6.